The van der Waals surface area contributed by atoms with Gasteiger partial charge in [-0.25, -0.2) is 0 Å². The van der Waals surface area contributed by atoms with Gasteiger partial charge < -0.3 is 4.74 Å². The van der Waals surface area contributed by atoms with Gasteiger partial charge in [-0.15, -0.1) is 0 Å². The summed E-state index contributed by atoms with van der Waals surface area (Å²) in [6.45, 7) is 1.66. The van der Waals surface area contributed by atoms with Crippen LogP contribution >= 0.6 is 34.8 Å². The maximum absolute atomic E-state index is 12.3. The summed E-state index contributed by atoms with van der Waals surface area (Å²) >= 11 is 17.7. The first kappa shape index (κ1) is 15.2. The standard InChI is InChI=1S/C15H11Cl3O2/c1-9(20-12-4-2-3-10(16)7-12)15(19)13-6-5-11(17)8-14(13)18/h2-9H,1H3. The van der Waals surface area contributed by atoms with Gasteiger partial charge in [-0.05, 0) is 43.3 Å². The fourth-order valence-corrected chi connectivity index (χ4v) is 2.39. The highest BCUT2D eigenvalue weighted by molar-refractivity contribution is 6.37. The summed E-state index contributed by atoms with van der Waals surface area (Å²) in [6, 6.07) is 11.6. The smallest absolute Gasteiger partial charge is 0.204 e. The summed E-state index contributed by atoms with van der Waals surface area (Å²) in [6.07, 6.45) is -0.674. The number of rotatable bonds is 4. The van der Waals surface area contributed by atoms with Gasteiger partial charge in [-0.1, -0.05) is 40.9 Å². The molecule has 104 valence electrons. The summed E-state index contributed by atoms with van der Waals surface area (Å²) in [7, 11) is 0. The number of hydrogen-bond acceptors (Lipinski definition) is 2. The summed E-state index contributed by atoms with van der Waals surface area (Å²) in [5, 5.41) is 1.34. The Labute approximate surface area is 132 Å². The van der Waals surface area contributed by atoms with Crippen LogP contribution in [0.4, 0.5) is 0 Å². The zero-order chi connectivity index (χ0) is 14.7. The number of carbonyl (C=O) groups excluding carboxylic acids is 1. The van der Waals surface area contributed by atoms with E-state index in [1.807, 2.05) is 0 Å². The Hall–Kier alpha value is -1.22. The normalized spacial score (nSPS) is 12.0. The highest BCUT2D eigenvalue weighted by atomic mass is 35.5. The second-order valence-electron chi connectivity index (χ2n) is 4.21. The van der Waals surface area contributed by atoms with Crippen LogP contribution in [0.5, 0.6) is 5.75 Å². The van der Waals surface area contributed by atoms with E-state index in [2.05, 4.69) is 0 Å². The third kappa shape index (κ3) is 3.66. The van der Waals surface area contributed by atoms with Crippen molar-refractivity contribution < 1.29 is 9.53 Å². The Morgan fingerprint density at radius 1 is 1.05 bits per heavy atom. The molecule has 2 rings (SSSR count). The van der Waals surface area contributed by atoms with Crippen LogP contribution in [0.2, 0.25) is 15.1 Å². The largest absolute Gasteiger partial charge is 0.483 e. The molecule has 20 heavy (non-hydrogen) atoms. The van der Waals surface area contributed by atoms with E-state index in [0.29, 0.717) is 26.4 Å². The summed E-state index contributed by atoms with van der Waals surface area (Å²) in [4.78, 5) is 12.3. The zero-order valence-corrected chi connectivity index (χ0v) is 12.8. The molecule has 0 spiro atoms. The zero-order valence-electron chi connectivity index (χ0n) is 10.6. The third-order valence-electron chi connectivity index (χ3n) is 2.67. The molecule has 0 saturated carbocycles. The van der Waals surface area contributed by atoms with Gasteiger partial charge in [-0.3, -0.25) is 4.79 Å². The Balaban J connectivity index is 2.16. The van der Waals surface area contributed by atoms with Crippen molar-refractivity contribution >= 4 is 40.6 Å². The molecular formula is C15H11Cl3O2. The summed E-state index contributed by atoms with van der Waals surface area (Å²) in [5.74, 6) is 0.315. The lowest BCUT2D eigenvalue weighted by atomic mass is 10.1. The lowest BCUT2D eigenvalue weighted by molar-refractivity contribution is 0.0818. The van der Waals surface area contributed by atoms with E-state index in [0.717, 1.165) is 0 Å². The fraction of sp³-hybridized carbons (Fsp3) is 0.133. The number of ether oxygens (including phenoxy) is 1. The van der Waals surface area contributed by atoms with Gasteiger partial charge >= 0.3 is 0 Å². The molecule has 0 aliphatic heterocycles. The van der Waals surface area contributed by atoms with Gasteiger partial charge in [0.05, 0.1) is 5.02 Å². The molecule has 2 aromatic rings. The molecule has 0 aliphatic carbocycles. The van der Waals surface area contributed by atoms with Crippen LogP contribution in [0, 0.1) is 0 Å². The van der Waals surface area contributed by atoms with Crippen LogP contribution in [0.25, 0.3) is 0 Å². The first-order valence-electron chi connectivity index (χ1n) is 5.89. The van der Waals surface area contributed by atoms with Crippen LogP contribution in [-0.4, -0.2) is 11.9 Å². The molecule has 0 N–H and O–H groups in total. The van der Waals surface area contributed by atoms with Crippen LogP contribution in [-0.2, 0) is 0 Å². The van der Waals surface area contributed by atoms with Crippen molar-refractivity contribution in [2.24, 2.45) is 0 Å². The molecule has 0 aliphatic rings. The highest BCUT2D eigenvalue weighted by Crippen LogP contribution is 2.24. The molecule has 2 nitrogen and oxygen atoms in total. The molecule has 0 aromatic heterocycles. The van der Waals surface area contributed by atoms with Crippen molar-refractivity contribution in [3.8, 4) is 5.75 Å². The van der Waals surface area contributed by atoms with E-state index < -0.39 is 6.10 Å². The summed E-state index contributed by atoms with van der Waals surface area (Å²) < 4.78 is 5.57. The minimum Gasteiger partial charge on any atom is -0.483 e. The second kappa shape index (κ2) is 6.49. The van der Waals surface area contributed by atoms with Gasteiger partial charge in [0.1, 0.15) is 5.75 Å². The molecule has 1 unspecified atom stereocenters. The quantitative estimate of drug-likeness (QED) is 0.712. The minimum atomic E-state index is -0.674. The molecule has 5 heteroatoms. The highest BCUT2D eigenvalue weighted by Gasteiger charge is 2.19. The van der Waals surface area contributed by atoms with E-state index in [-0.39, 0.29) is 5.78 Å². The third-order valence-corrected chi connectivity index (χ3v) is 3.46. The predicted molar refractivity (Wildman–Crippen MR) is 82.3 cm³/mol. The molecule has 0 heterocycles. The molecule has 0 saturated heterocycles. The van der Waals surface area contributed by atoms with Crippen molar-refractivity contribution in [2.75, 3.05) is 0 Å². The van der Waals surface area contributed by atoms with Crippen LogP contribution in [0.15, 0.2) is 42.5 Å². The molecule has 0 fully saturated rings. The average molecular weight is 330 g/mol. The lowest BCUT2D eigenvalue weighted by Gasteiger charge is -2.14. The Bertz CT molecular complexity index is 641. The number of halogens is 3. The minimum absolute atomic E-state index is 0.216. The molecule has 0 amide bonds. The number of hydrogen-bond donors (Lipinski definition) is 0. The second-order valence-corrected chi connectivity index (χ2v) is 5.49. The predicted octanol–water partition coefficient (Wildman–Crippen LogP) is 5.30. The first-order valence-corrected chi connectivity index (χ1v) is 7.02. The maximum Gasteiger partial charge on any atom is 0.204 e. The van der Waals surface area contributed by atoms with Crippen molar-refractivity contribution in [1.29, 1.82) is 0 Å². The number of carbonyl (C=O) groups is 1. The van der Waals surface area contributed by atoms with Crippen molar-refractivity contribution in [1.82, 2.24) is 0 Å². The molecular weight excluding hydrogens is 319 g/mol. The van der Waals surface area contributed by atoms with E-state index in [9.17, 15) is 4.79 Å². The Kier molecular flexibility index (Phi) is 4.92. The molecule has 0 radical (unpaired) electrons. The Morgan fingerprint density at radius 2 is 1.75 bits per heavy atom. The van der Waals surface area contributed by atoms with E-state index in [1.165, 1.54) is 6.07 Å². The SMILES string of the molecule is CC(Oc1cccc(Cl)c1)C(=O)c1ccc(Cl)cc1Cl. The van der Waals surface area contributed by atoms with Crippen molar-refractivity contribution in [3.05, 3.63) is 63.1 Å². The molecule has 0 bridgehead atoms. The van der Waals surface area contributed by atoms with Gasteiger partial charge in [0.25, 0.3) is 0 Å². The fourth-order valence-electron chi connectivity index (χ4n) is 1.71. The van der Waals surface area contributed by atoms with Crippen molar-refractivity contribution in [3.63, 3.8) is 0 Å². The van der Waals surface area contributed by atoms with Crippen molar-refractivity contribution in [2.45, 2.75) is 13.0 Å². The van der Waals surface area contributed by atoms with Crippen LogP contribution in [0.3, 0.4) is 0 Å². The number of ketones is 1. The van der Waals surface area contributed by atoms with Gasteiger partial charge in [0.15, 0.2) is 6.10 Å². The molecule has 2 aromatic carbocycles. The van der Waals surface area contributed by atoms with E-state index >= 15 is 0 Å². The topological polar surface area (TPSA) is 26.3 Å². The van der Waals surface area contributed by atoms with Gasteiger partial charge in [0.2, 0.25) is 5.78 Å². The van der Waals surface area contributed by atoms with E-state index in [1.54, 1.807) is 43.3 Å². The first-order chi connectivity index (χ1) is 9.47. The lowest BCUT2D eigenvalue weighted by Crippen LogP contribution is -2.24. The van der Waals surface area contributed by atoms with Gasteiger partial charge in [0, 0.05) is 15.6 Å². The monoisotopic (exact) mass is 328 g/mol. The van der Waals surface area contributed by atoms with E-state index in [4.69, 9.17) is 39.5 Å². The summed E-state index contributed by atoms with van der Waals surface area (Å²) in [5.41, 5.74) is 0.380. The van der Waals surface area contributed by atoms with Gasteiger partial charge in [-0.2, -0.15) is 0 Å². The van der Waals surface area contributed by atoms with Crippen LogP contribution < -0.4 is 4.74 Å². The Morgan fingerprint density at radius 3 is 2.40 bits per heavy atom. The number of benzene rings is 2. The van der Waals surface area contributed by atoms with Crippen LogP contribution in [0.1, 0.15) is 17.3 Å². The number of Topliss-reactive ketones (excluding diaryl/α,β-unsaturated/α-hetero) is 1. The maximum atomic E-state index is 12.3. The average Bonchev–Trinajstić information content (AvgIpc) is 2.38. The molecule has 1 atom stereocenters.